The first kappa shape index (κ1) is 18.6. The van der Waals surface area contributed by atoms with Gasteiger partial charge in [-0.1, -0.05) is 12.1 Å². The third kappa shape index (κ3) is 5.13. The van der Waals surface area contributed by atoms with E-state index < -0.39 is 6.10 Å². The molecule has 0 aromatic heterocycles. The molecule has 2 aromatic rings. The number of carbonyl (C=O) groups is 2. The standard InChI is InChI=1S/C20H22N2O5/c1-2-25-14-7-9-15(10-8-14)26-12-11-21-19(23)13-18-20(24)22-16-5-3-4-6-17(16)27-18/h3-10,18H,2,11-13H2,1H3,(H,21,23)(H,22,24)/t18-/m1/s1. The van der Waals surface area contributed by atoms with Gasteiger partial charge in [0.1, 0.15) is 23.9 Å². The van der Waals surface area contributed by atoms with Crippen LogP contribution in [-0.2, 0) is 9.59 Å². The predicted molar refractivity (Wildman–Crippen MR) is 100 cm³/mol. The van der Waals surface area contributed by atoms with Gasteiger partial charge in [0, 0.05) is 0 Å². The Morgan fingerprint density at radius 1 is 1.11 bits per heavy atom. The molecule has 0 radical (unpaired) electrons. The molecule has 2 N–H and O–H groups in total. The molecule has 27 heavy (non-hydrogen) atoms. The van der Waals surface area contributed by atoms with Crippen molar-refractivity contribution in [3.8, 4) is 17.2 Å². The Bertz CT molecular complexity index is 791. The lowest BCUT2D eigenvalue weighted by Gasteiger charge is -2.25. The van der Waals surface area contributed by atoms with Crippen LogP contribution in [0.15, 0.2) is 48.5 Å². The largest absolute Gasteiger partial charge is 0.494 e. The fraction of sp³-hybridized carbons (Fsp3) is 0.300. The Kier molecular flexibility index (Phi) is 6.14. The zero-order valence-electron chi connectivity index (χ0n) is 15.1. The molecule has 0 aliphatic carbocycles. The molecule has 1 aliphatic rings. The Morgan fingerprint density at radius 3 is 2.56 bits per heavy atom. The molecule has 0 bridgehead atoms. The average Bonchev–Trinajstić information content (AvgIpc) is 2.67. The second kappa shape index (κ2) is 8.93. The molecule has 2 aromatic carbocycles. The lowest BCUT2D eigenvalue weighted by molar-refractivity contribution is -0.130. The summed E-state index contributed by atoms with van der Waals surface area (Å²) in [5.41, 5.74) is 0.614. The van der Waals surface area contributed by atoms with Gasteiger partial charge in [-0.3, -0.25) is 9.59 Å². The number of para-hydroxylation sites is 2. The highest BCUT2D eigenvalue weighted by Gasteiger charge is 2.29. The van der Waals surface area contributed by atoms with Gasteiger partial charge >= 0.3 is 0 Å². The van der Waals surface area contributed by atoms with Gasteiger partial charge in [0.25, 0.3) is 5.91 Å². The van der Waals surface area contributed by atoms with Crippen LogP contribution in [0.2, 0.25) is 0 Å². The molecule has 0 saturated heterocycles. The van der Waals surface area contributed by atoms with Crippen LogP contribution in [-0.4, -0.2) is 37.7 Å². The van der Waals surface area contributed by atoms with Crippen LogP contribution in [0.3, 0.4) is 0 Å². The van der Waals surface area contributed by atoms with Crippen LogP contribution in [0.5, 0.6) is 17.2 Å². The summed E-state index contributed by atoms with van der Waals surface area (Å²) in [6.07, 6.45) is -0.893. The molecule has 0 fully saturated rings. The highest BCUT2D eigenvalue weighted by Crippen LogP contribution is 2.29. The first-order chi connectivity index (χ1) is 13.2. The predicted octanol–water partition coefficient (Wildman–Crippen LogP) is 2.37. The molecular weight excluding hydrogens is 348 g/mol. The molecular formula is C20H22N2O5. The van der Waals surface area contributed by atoms with Crippen molar-refractivity contribution in [3.05, 3.63) is 48.5 Å². The van der Waals surface area contributed by atoms with E-state index in [1.165, 1.54) is 0 Å². The second-order valence-electron chi connectivity index (χ2n) is 5.90. The minimum absolute atomic E-state index is 0.0524. The molecule has 7 heteroatoms. The summed E-state index contributed by atoms with van der Waals surface area (Å²) in [6, 6.07) is 14.4. The number of hydrogen-bond donors (Lipinski definition) is 2. The van der Waals surface area contributed by atoms with Crippen LogP contribution in [0.25, 0.3) is 0 Å². The summed E-state index contributed by atoms with van der Waals surface area (Å²) < 4.78 is 16.5. The zero-order valence-corrected chi connectivity index (χ0v) is 15.1. The van der Waals surface area contributed by atoms with Gasteiger partial charge in [0.15, 0.2) is 6.10 Å². The van der Waals surface area contributed by atoms with Crippen molar-refractivity contribution in [1.82, 2.24) is 5.32 Å². The molecule has 1 aliphatic heterocycles. The molecule has 7 nitrogen and oxygen atoms in total. The van der Waals surface area contributed by atoms with Crippen LogP contribution >= 0.6 is 0 Å². The normalized spacial score (nSPS) is 15.1. The van der Waals surface area contributed by atoms with Gasteiger partial charge in [0.2, 0.25) is 5.91 Å². The van der Waals surface area contributed by atoms with Gasteiger partial charge in [0.05, 0.1) is 25.3 Å². The number of nitrogens with one attached hydrogen (secondary N) is 2. The summed E-state index contributed by atoms with van der Waals surface area (Å²) in [5, 5.41) is 5.47. The van der Waals surface area contributed by atoms with Gasteiger partial charge in [-0.15, -0.1) is 0 Å². The molecule has 0 spiro atoms. The number of anilines is 1. The molecule has 3 rings (SSSR count). The quantitative estimate of drug-likeness (QED) is 0.697. The van der Waals surface area contributed by atoms with Crippen molar-refractivity contribution >= 4 is 17.5 Å². The summed E-state index contributed by atoms with van der Waals surface area (Å²) in [5.74, 6) is 1.44. The maximum atomic E-state index is 12.1. The van der Waals surface area contributed by atoms with Crippen LogP contribution in [0.4, 0.5) is 5.69 Å². The van der Waals surface area contributed by atoms with E-state index in [9.17, 15) is 9.59 Å². The van der Waals surface area contributed by atoms with Crippen LogP contribution in [0.1, 0.15) is 13.3 Å². The lowest BCUT2D eigenvalue weighted by atomic mass is 10.1. The number of fused-ring (bicyclic) bond motifs is 1. The number of carbonyl (C=O) groups excluding carboxylic acids is 2. The average molecular weight is 370 g/mol. The van der Waals surface area contributed by atoms with E-state index in [-0.39, 0.29) is 18.2 Å². The number of hydrogen-bond acceptors (Lipinski definition) is 5. The number of benzene rings is 2. The monoisotopic (exact) mass is 370 g/mol. The third-order valence-electron chi connectivity index (χ3n) is 3.91. The summed E-state index contributed by atoms with van der Waals surface area (Å²) in [4.78, 5) is 24.1. The third-order valence-corrected chi connectivity index (χ3v) is 3.91. The van der Waals surface area contributed by atoms with Crippen LogP contribution < -0.4 is 24.8 Å². The fourth-order valence-electron chi connectivity index (χ4n) is 2.63. The van der Waals surface area contributed by atoms with Gasteiger partial charge in [-0.25, -0.2) is 0 Å². The van der Waals surface area contributed by atoms with E-state index in [0.717, 1.165) is 5.75 Å². The zero-order chi connectivity index (χ0) is 19.1. The first-order valence-corrected chi connectivity index (χ1v) is 8.84. The van der Waals surface area contributed by atoms with E-state index in [1.54, 1.807) is 18.2 Å². The Morgan fingerprint density at radius 2 is 1.81 bits per heavy atom. The maximum Gasteiger partial charge on any atom is 0.266 e. The molecule has 1 atom stereocenters. The number of ether oxygens (including phenoxy) is 3. The minimum Gasteiger partial charge on any atom is -0.494 e. The van der Waals surface area contributed by atoms with Crippen molar-refractivity contribution in [2.24, 2.45) is 0 Å². The van der Waals surface area contributed by atoms with Crippen molar-refractivity contribution in [3.63, 3.8) is 0 Å². The highest BCUT2D eigenvalue weighted by molar-refractivity contribution is 5.99. The maximum absolute atomic E-state index is 12.1. The minimum atomic E-state index is -0.841. The van der Waals surface area contributed by atoms with E-state index in [4.69, 9.17) is 14.2 Å². The summed E-state index contributed by atoms with van der Waals surface area (Å²) >= 11 is 0. The van der Waals surface area contributed by atoms with E-state index in [2.05, 4.69) is 10.6 Å². The second-order valence-corrected chi connectivity index (χ2v) is 5.90. The molecule has 2 amide bonds. The smallest absolute Gasteiger partial charge is 0.266 e. The topological polar surface area (TPSA) is 85.9 Å². The highest BCUT2D eigenvalue weighted by atomic mass is 16.5. The molecule has 142 valence electrons. The van der Waals surface area contributed by atoms with Gasteiger partial charge in [-0.2, -0.15) is 0 Å². The SMILES string of the molecule is CCOc1ccc(OCCNC(=O)C[C@H]2Oc3ccccc3NC2=O)cc1. The van der Waals surface area contributed by atoms with Crippen molar-refractivity contribution < 1.29 is 23.8 Å². The number of rotatable bonds is 8. The number of amides is 2. The Hall–Kier alpha value is -3.22. The Labute approximate surface area is 157 Å². The molecule has 1 heterocycles. The molecule has 0 unspecified atom stereocenters. The fourth-order valence-corrected chi connectivity index (χ4v) is 2.63. The van der Waals surface area contributed by atoms with Gasteiger partial charge in [-0.05, 0) is 43.3 Å². The van der Waals surface area contributed by atoms with Crippen molar-refractivity contribution in [2.75, 3.05) is 25.1 Å². The van der Waals surface area contributed by atoms with E-state index >= 15 is 0 Å². The summed E-state index contributed by atoms with van der Waals surface area (Å²) in [7, 11) is 0. The van der Waals surface area contributed by atoms with Crippen molar-refractivity contribution in [2.45, 2.75) is 19.4 Å². The van der Waals surface area contributed by atoms with Crippen molar-refractivity contribution in [1.29, 1.82) is 0 Å². The van der Waals surface area contributed by atoms with E-state index in [0.29, 0.717) is 36.9 Å². The van der Waals surface area contributed by atoms with Crippen LogP contribution in [0, 0.1) is 0 Å². The first-order valence-electron chi connectivity index (χ1n) is 8.84. The van der Waals surface area contributed by atoms with E-state index in [1.807, 2.05) is 37.3 Å². The Balaban J connectivity index is 1.39. The summed E-state index contributed by atoms with van der Waals surface area (Å²) in [6.45, 7) is 3.19. The van der Waals surface area contributed by atoms with Gasteiger partial charge < -0.3 is 24.8 Å². The molecule has 0 saturated carbocycles. The lowest BCUT2D eigenvalue weighted by Crippen LogP contribution is -2.41.